The maximum atomic E-state index is 12.3. The van der Waals surface area contributed by atoms with Gasteiger partial charge in [0.25, 0.3) is 0 Å². The van der Waals surface area contributed by atoms with Gasteiger partial charge >= 0.3 is 0 Å². The molecular formula is C22H24N2O3. The Hall–Kier alpha value is -3.08. The minimum absolute atomic E-state index is 0.0702. The first kappa shape index (κ1) is 18.7. The highest BCUT2D eigenvalue weighted by molar-refractivity contribution is 5.76. The highest BCUT2D eigenvalue weighted by Crippen LogP contribution is 2.20. The normalized spacial score (nSPS) is 10.7. The summed E-state index contributed by atoms with van der Waals surface area (Å²) >= 11 is 0. The van der Waals surface area contributed by atoms with E-state index in [0.717, 1.165) is 35.4 Å². The van der Waals surface area contributed by atoms with Crippen LogP contribution in [-0.4, -0.2) is 34.7 Å². The Labute approximate surface area is 159 Å². The van der Waals surface area contributed by atoms with E-state index in [1.165, 1.54) is 0 Å². The van der Waals surface area contributed by atoms with Crippen molar-refractivity contribution in [1.82, 2.24) is 10.1 Å². The third-order valence-electron chi connectivity index (χ3n) is 4.57. The van der Waals surface area contributed by atoms with Crippen LogP contribution in [0.15, 0.2) is 65.2 Å². The summed E-state index contributed by atoms with van der Waals surface area (Å²) in [6, 6.07) is 19.0. The molecule has 0 aliphatic carbocycles. The Morgan fingerprint density at radius 3 is 2.59 bits per heavy atom. The zero-order valence-electron chi connectivity index (χ0n) is 15.5. The van der Waals surface area contributed by atoms with Gasteiger partial charge in [0.05, 0.1) is 0 Å². The molecule has 2 aromatic carbocycles. The molecule has 0 aliphatic heterocycles. The molecule has 1 amide bonds. The van der Waals surface area contributed by atoms with E-state index in [1.807, 2.05) is 55.6 Å². The number of amides is 1. The second-order valence-corrected chi connectivity index (χ2v) is 6.59. The van der Waals surface area contributed by atoms with Gasteiger partial charge in [-0.3, -0.25) is 4.79 Å². The van der Waals surface area contributed by atoms with E-state index in [0.29, 0.717) is 19.4 Å². The topological polar surface area (TPSA) is 66.6 Å². The third kappa shape index (κ3) is 5.20. The Morgan fingerprint density at radius 1 is 1.07 bits per heavy atom. The van der Waals surface area contributed by atoms with Gasteiger partial charge in [-0.1, -0.05) is 53.7 Å². The lowest BCUT2D eigenvalue weighted by atomic mass is 10.1. The number of benzene rings is 2. The van der Waals surface area contributed by atoms with Crippen LogP contribution in [-0.2, 0) is 17.6 Å². The van der Waals surface area contributed by atoms with E-state index in [1.54, 1.807) is 17.0 Å². The summed E-state index contributed by atoms with van der Waals surface area (Å²) in [5.74, 6) is 1.14. The number of carbonyl (C=O) groups is 1. The second-order valence-electron chi connectivity index (χ2n) is 6.59. The molecule has 3 rings (SSSR count). The number of aromatic nitrogens is 1. The van der Waals surface area contributed by atoms with Gasteiger partial charge in [0, 0.05) is 38.1 Å². The summed E-state index contributed by atoms with van der Waals surface area (Å²) < 4.78 is 5.40. The third-order valence-corrected chi connectivity index (χ3v) is 4.57. The molecule has 1 aromatic heterocycles. The highest BCUT2D eigenvalue weighted by atomic mass is 16.5. The minimum Gasteiger partial charge on any atom is -0.508 e. The molecule has 0 fully saturated rings. The molecule has 140 valence electrons. The number of phenols is 1. The van der Waals surface area contributed by atoms with Crippen LogP contribution < -0.4 is 0 Å². The number of nitrogens with zero attached hydrogens (tertiary/aromatic N) is 2. The van der Waals surface area contributed by atoms with Crippen LogP contribution in [0.4, 0.5) is 0 Å². The molecule has 27 heavy (non-hydrogen) atoms. The average Bonchev–Trinajstić information content (AvgIpc) is 3.16. The summed E-state index contributed by atoms with van der Waals surface area (Å²) in [5, 5.41) is 13.9. The first-order chi connectivity index (χ1) is 13.1. The highest BCUT2D eigenvalue weighted by Gasteiger charge is 2.11. The van der Waals surface area contributed by atoms with Crippen molar-refractivity contribution in [1.29, 1.82) is 0 Å². The van der Waals surface area contributed by atoms with Gasteiger partial charge in [0.15, 0.2) is 0 Å². The van der Waals surface area contributed by atoms with Crippen LogP contribution in [0, 0.1) is 0 Å². The van der Waals surface area contributed by atoms with Crippen molar-refractivity contribution >= 4 is 5.91 Å². The van der Waals surface area contributed by atoms with E-state index in [4.69, 9.17) is 4.52 Å². The summed E-state index contributed by atoms with van der Waals surface area (Å²) in [6.07, 6.45) is 2.46. The van der Waals surface area contributed by atoms with Gasteiger partial charge in [-0.15, -0.1) is 0 Å². The Bertz CT molecular complexity index is 874. The van der Waals surface area contributed by atoms with E-state index < -0.39 is 0 Å². The summed E-state index contributed by atoms with van der Waals surface area (Å²) in [6.45, 7) is 0.654. The van der Waals surface area contributed by atoms with Crippen molar-refractivity contribution in [2.75, 3.05) is 13.6 Å². The van der Waals surface area contributed by atoms with Crippen molar-refractivity contribution < 1.29 is 14.4 Å². The van der Waals surface area contributed by atoms with E-state index in [9.17, 15) is 9.90 Å². The number of para-hydroxylation sites is 1. The van der Waals surface area contributed by atoms with E-state index in [-0.39, 0.29) is 11.7 Å². The Balaban J connectivity index is 1.43. The largest absolute Gasteiger partial charge is 0.508 e. The fourth-order valence-corrected chi connectivity index (χ4v) is 2.95. The lowest BCUT2D eigenvalue weighted by molar-refractivity contribution is -0.129. The first-order valence-electron chi connectivity index (χ1n) is 9.15. The smallest absolute Gasteiger partial charge is 0.222 e. The molecule has 5 heteroatoms. The Morgan fingerprint density at radius 2 is 1.81 bits per heavy atom. The van der Waals surface area contributed by atoms with Crippen LogP contribution in [0.3, 0.4) is 0 Å². The van der Waals surface area contributed by atoms with Crippen molar-refractivity contribution in [2.45, 2.75) is 25.7 Å². The number of hydrogen-bond donors (Lipinski definition) is 1. The van der Waals surface area contributed by atoms with E-state index in [2.05, 4.69) is 5.16 Å². The number of rotatable bonds is 8. The molecule has 0 bridgehead atoms. The number of carbonyl (C=O) groups excluding carboxylic acids is 1. The van der Waals surface area contributed by atoms with Crippen molar-refractivity contribution in [3.8, 4) is 17.0 Å². The lowest BCUT2D eigenvalue weighted by Crippen LogP contribution is -2.28. The molecule has 0 radical (unpaired) electrons. The molecule has 1 N–H and O–H groups in total. The second kappa shape index (κ2) is 9.03. The quantitative estimate of drug-likeness (QED) is 0.654. The first-order valence-corrected chi connectivity index (χ1v) is 9.15. The van der Waals surface area contributed by atoms with Gasteiger partial charge in [-0.05, 0) is 24.5 Å². The predicted octanol–water partition coefficient (Wildman–Crippen LogP) is 4.07. The van der Waals surface area contributed by atoms with E-state index >= 15 is 0 Å². The molecule has 0 spiro atoms. The maximum absolute atomic E-state index is 12.3. The van der Waals surface area contributed by atoms with Gasteiger partial charge in [0.2, 0.25) is 5.91 Å². The molecule has 0 aliphatic rings. The van der Waals surface area contributed by atoms with Crippen molar-refractivity contribution in [2.24, 2.45) is 0 Å². The van der Waals surface area contributed by atoms with Crippen LogP contribution in [0.2, 0.25) is 0 Å². The molecule has 0 saturated heterocycles. The van der Waals surface area contributed by atoms with Gasteiger partial charge in [0.1, 0.15) is 17.2 Å². The Kier molecular flexibility index (Phi) is 6.26. The fraction of sp³-hybridized carbons (Fsp3) is 0.273. The predicted molar refractivity (Wildman–Crippen MR) is 104 cm³/mol. The average molecular weight is 364 g/mol. The number of phenolic OH excluding ortho intramolecular Hbond substituents is 1. The zero-order valence-corrected chi connectivity index (χ0v) is 15.5. The van der Waals surface area contributed by atoms with Crippen LogP contribution >= 0.6 is 0 Å². The van der Waals surface area contributed by atoms with Crippen LogP contribution in [0.5, 0.6) is 5.75 Å². The summed E-state index contributed by atoms with van der Waals surface area (Å²) in [4.78, 5) is 14.0. The summed E-state index contributed by atoms with van der Waals surface area (Å²) in [5.41, 5.74) is 2.66. The number of aryl methyl sites for hydroxylation is 2. The molecule has 5 nitrogen and oxygen atoms in total. The molecule has 0 atom stereocenters. The van der Waals surface area contributed by atoms with Gasteiger partial charge in [-0.25, -0.2) is 0 Å². The summed E-state index contributed by atoms with van der Waals surface area (Å²) in [7, 11) is 1.81. The molecule has 1 heterocycles. The molecule has 0 saturated carbocycles. The van der Waals surface area contributed by atoms with Crippen LogP contribution in [0.25, 0.3) is 11.3 Å². The number of hydrogen-bond acceptors (Lipinski definition) is 4. The lowest BCUT2D eigenvalue weighted by Gasteiger charge is -2.16. The zero-order chi connectivity index (χ0) is 19.1. The number of aromatic hydroxyl groups is 1. The fourth-order valence-electron chi connectivity index (χ4n) is 2.95. The maximum Gasteiger partial charge on any atom is 0.222 e. The van der Waals surface area contributed by atoms with Gasteiger partial charge < -0.3 is 14.5 Å². The van der Waals surface area contributed by atoms with Crippen molar-refractivity contribution in [3.05, 3.63) is 72.0 Å². The molecule has 0 unspecified atom stereocenters. The van der Waals surface area contributed by atoms with Gasteiger partial charge in [-0.2, -0.15) is 0 Å². The standard InChI is InChI=1S/C22H24N2O3/c1-24(22(26)14-13-18-10-5-6-12-21(18)25)15-7-11-19-16-20(23-27-19)17-8-3-2-4-9-17/h2-6,8-10,12,16,25H,7,11,13-15H2,1H3. The monoisotopic (exact) mass is 364 g/mol. The SMILES string of the molecule is CN(CCCc1cc(-c2ccccc2)no1)C(=O)CCc1ccccc1O. The van der Waals surface area contributed by atoms with Crippen LogP contribution in [0.1, 0.15) is 24.2 Å². The minimum atomic E-state index is 0.0702. The molecular weight excluding hydrogens is 340 g/mol. The molecule has 3 aromatic rings. The van der Waals surface area contributed by atoms with Crippen molar-refractivity contribution in [3.63, 3.8) is 0 Å².